The van der Waals surface area contributed by atoms with Crippen molar-refractivity contribution in [1.29, 1.82) is 0 Å². The summed E-state index contributed by atoms with van der Waals surface area (Å²) in [6.45, 7) is 6.90. The molecule has 0 atom stereocenters. The van der Waals surface area contributed by atoms with E-state index in [0.717, 1.165) is 16.7 Å². The summed E-state index contributed by atoms with van der Waals surface area (Å²) in [7, 11) is 0. The van der Waals surface area contributed by atoms with Crippen molar-refractivity contribution in [3.05, 3.63) is 101 Å². The van der Waals surface area contributed by atoms with Crippen molar-refractivity contribution in [2.75, 3.05) is 0 Å². The molecule has 0 unspecified atom stereocenters. The molecule has 0 aliphatic heterocycles. The van der Waals surface area contributed by atoms with Crippen molar-refractivity contribution >= 4 is 16.9 Å². The maximum absolute atomic E-state index is 12.9. The van der Waals surface area contributed by atoms with Gasteiger partial charge < -0.3 is 13.9 Å². The Morgan fingerprint density at radius 1 is 0.839 bits per heavy atom. The van der Waals surface area contributed by atoms with E-state index in [0.29, 0.717) is 11.1 Å². The summed E-state index contributed by atoms with van der Waals surface area (Å²) in [4.78, 5) is 12.9. The first-order valence-electron chi connectivity index (χ1n) is 10.4. The Kier molecular flexibility index (Phi) is 5.81. The van der Waals surface area contributed by atoms with E-state index in [-0.39, 0.29) is 24.4 Å². The first-order valence-corrected chi connectivity index (χ1v) is 10.4. The molecule has 0 amide bonds. The predicted octanol–water partition coefficient (Wildman–Crippen LogP) is 6.67. The van der Waals surface area contributed by atoms with E-state index in [1.165, 1.54) is 5.56 Å². The molecule has 0 radical (unpaired) electrons. The summed E-state index contributed by atoms with van der Waals surface area (Å²) in [5.74, 6) is 0.414. The van der Waals surface area contributed by atoms with E-state index in [2.05, 4.69) is 32.9 Å². The molecule has 1 aromatic heterocycles. The smallest absolute Gasteiger partial charge is 0.375 e. The van der Waals surface area contributed by atoms with Crippen molar-refractivity contribution in [3.63, 3.8) is 0 Å². The molecule has 4 aromatic rings. The minimum Gasteiger partial charge on any atom is -0.489 e. The number of carbonyl (C=O) groups excluding carboxylic acids is 1. The third kappa shape index (κ3) is 4.80. The lowest BCUT2D eigenvalue weighted by molar-refractivity contribution is 0.0434. The lowest BCUT2D eigenvalue weighted by Gasteiger charge is -2.19. The number of carbonyl (C=O) groups is 1. The predicted molar refractivity (Wildman–Crippen MR) is 121 cm³/mol. The van der Waals surface area contributed by atoms with Gasteiger partial charge in [0.25, 0.3) is 0 Å². The third-order valence-electron chi connectivity index (χ3n) is 5.20. The molecule has 0 spiro atoms. The Balaban J connectivity index is 1.52. The van der Waals surface area contributed by atoms with Crippen molar-refractivity contribution in [3.8, 4) is 5.75 Å². The molecule has 158 valence electrons. The number of esters is 1. The van der Waals surface area contributed by atoms with Crippen LogP contribution in [0.2, 0.25) is 0 Å². The van der Waals surface area contributed by atoms with Gasteiger partial charge in [-0.3, -0.25) is 0 Å². The van der Waals surface area contributed by atoms with Crippen LogP contribution in [0.1, 0.15) is 48.0 Å². The Morgan fingerprint density at radius 3 is 2.23 bits per heavy atom. The van der Waals surface area contributed by atoms with Crippen molar-refractivity contribution in [1.82, 2.24) is 0 Å². The molecular formula is C27H26O4. The van der Waals surface area contributed by atoms with Gasteiger partial charge in [0.15, 0.2) is 0 Å². The van der Waals surface area contributed by atoms with Gasteiger partial charge in [-0.25, -0.2) is 4.79 Å². The highest BCUT2D eigenvalue weighted by Gasteiger charge is 2.22. The fraction of sp³-hybridized carbons (Fsp3) is 0.222. The molecule has 4 nitrogen and oxygen atoms in total. The molecule has 4 heteroatoms. The van der Waals surface area contributed by atoms with Crippen LogP contribution in [-0.2, 0) is 23.4 Å². The first-order chi connectivity index (χ1) is 14.9. The largest absolute Gasteiger partial charge is 0.489 e. The molecule has 0 saturated carbocycles. The summed E-state index contributed by atoms with van der Waals surface area (Å²) >= 11 is 0. The molecule has 3 aromatic carbocycles. The minimum absolute atomic E-state index is 0.0805. The summed E-state index contributed by atoms with van der Waals surface area (Å²) in [5, 5.41) is 0.847. The number of benzene rings is 3. The van der Waals surface area contributed by atoms with Crippen LogP contribution >= 0.6 is 0 Å². The van der Waals surface area contributed by atoms with Crippen LogP contribution in [0.3, 0.4) is 0 Å². The number of hydrogen-bond donors (Lipinski definition) is 0. The summed E-state index contributed by atoms with van der Waals surface area (Å²) in [5.41, 5.74) is 3.57. The number of ether oxygens (including phenoxy) is 2. The molecule has 0 bridgehead atoms. The second kappa shape index (κ2) is 8.68. The van der Waals surface area contributed by atoms with E-state index in [1.54, 1.807) is 0 Å². The van der Waals surface area contributed by atoms with Crippen LogP contribution in [0.15, 0.2) is 83.3 Å². The zero-order chi connectivity index (χ0) is 21.8. The fourth-order valence-electron chi connectivity index (χ4n) is 3.39. The van der Waals surface area contributed by atoms with Gasteiger partial charge >= 0.3 is 5.97 Å². The number of para-hydroxylation sites is 2. The van der Waals surface area contributed by atoms with Gasteiger partial charge in [0.1, 0.15) is 24.5 Å². The highest BCUT2D eigenvalue weighted by atomic mass is 16.5. The van der Waals surface area contributed by atoms with Crippen molar-refractivity contribution in [2.24, 2.45) is 0 Å². The maximum atomic E-state index is 12.9. The van der Waals surface area contributed by atoms with Gasteiger partial charge in [0, 0.05) is 5.39 Å². The highest BCUT2D eigenvalue weighted by Crippen LogP contribution is 2.28. The Hall–Kier alpha value is -3.53. The molecule has 0 aliphatic carbocycles. The lowest BCUT2D eigenvalue weighted by atomic mass is 9.87. The molecule has 0 N–H and O–H groups in total. The second-order valence-corrected chi connectivity index (χ2v) is 8.53. The summed E-state index contributed by atoms with van der Waals surface area (Å²) < 4.78 is 17.3. The molecule has 0 fully saturated rings. The monoisotopic (exact) mass is 414 g/mol. The van der Waals surface area contributed by atoms with Crippen LogP contribution in [0.4, 0.5) is 0 Å². The third-order valence-corrected chi connectivity index (χ3v) is 5.20. The molecule has 1 heterocycles. The number of rotatable bonds is 6. The second-order valence-electron chi connectivity index (χ2n) is 8.53. The molecule has 0 aliphatic rings. The van der Waals surface area contributed by atoms with Crippen LogP contribution < -0.4 is 4.74 Å². The average molecular weight is 415 g/mol. The zero-order valence-corrected chi connectivity index (χ0v) is 18.1. The van der Waals surface area contributed by atoms with Gasteiger partial charge in [0.05, 0.1) is 5.56 Å². The first kappa shape index (κ1) is 20.7. The van der Waals surface area contributed by atoms with Gasteiger partial charge in [-0.15, -0.1) is 0 Å². The van der Waals surface area contributed by atoms with Crippen LogP contribution in [-0.4, -0.2) is 5.97 Å². The highest BCUT2D eigenvalue weighted by molar-refractivity contribution is 5.96. The molecule has 31 heavy (non-hydrogen) atoms. The summed E-state index contributed by atoms with van der Waals surface area (Å²) in [6.07, 6.45) is 0. The SMILES string of the molecule is CC(C)(C)c1ccc(COC(=O)c2oc3ccccc3c2COc2ccccc2)cc1. The van der Waals surface area contributed by atoms with E-state index in [9.17, 15) is 4.79 Å². The Bertz CT molecular complexity index is 1170. The van der Waals surface area contributed by atoms with Crippen LogP contribution in [0.25, 0.3) is 11.0 Å². The van der Waals surface area contributed by atoms with E-state index in [1.807, 2.05) is 66.7 Å². The summed E-state index contributed by atoms with van der Waals surface area (Å²) in [6, 6.07) is 25.2. The molecule has 4 rings (SSSR count). The standard InChI is InChI=1S/C27H26O4/c1-27(2,3)20-15-13-19(14-16-20)17-30-26(28)25-23(18-29-21-9-5-4-6-10-21)22-11-7-8-12-24(22)31-25/h4-16H,17-18H2,1-3H3. The van der Waals surface area contributed by atoms with Gasteiger partial charge in [-0.1, -0.05) is 81.4 Å². The zero-order valence-electron chi connectivity index (χ0n) is 18.1. The Labute approximate surface area is 182 Å². The quantitative estimate of drug-likeness (QED) is 0.331. The molecular weight excluding hydrogens is 388 g/mol. The van der Waals surface area contributed by atoms with Crippen LogP contribution in [0, 0.1) is 0 Å². The van der Waals surface area contributed by atoms with Gasteiger partial charge in [-0.05, 0) is 34.7 Å². The fourth-order valence-corrected chi connectivity index (χ4v) is 3.39. The van der Waals surface area contributed by atoms with Crippen molar-refractivity contribution < 1.29 is 18.7 Å². The molecule has 0 saturated heterocycles. The van der Waals surface area contributed by atoms with E-state index < -0.39 is 5.97 Å². The van der Waals surface area contributed by atoms with Gasteiger partial charge in [0.2, 0.25) is 5.76 Å². The number of furan rings is 1. The minimum atomic E-state index is -0.497. The topological polar surface area (TPSA) is 48.7 Å². The van der Waals surface area contributed by atoms with E-state index >= 15 is 0 Å². The van der Waals surface area contributed by atoms with Crippen molar-refractivity contribution in [2.45, 2.75) is 39.4 Å². The lowest BCUT2D eigenvalue weighted by Crippen LogP contribution is -2.11. The van der Waals surface area contributed by atoms with E-state index in [4.69, 9.17) is 13.9 Å². The maximum Gasteiger partial charge on any atom is 0.375 e. The van der Waals surface area contributed by atoms with Gasteiger partial charge in [-0.2, -0.15) is 0 Å². The van der Waals surface area contributed by atoms with Crippen LogP contribution in [0.5, 0.6) is 5.75 Å². The number of fused-ring (bicyclic) bond motifs is 1. The normalized spacial score (nSPS) is 11.5. The Morgan fingerprint density at radius 2 is 1.52 bits per heavy atom. The number of hydrogen-bond acceptors (Lipinski definition) is 4. The average Bonchev–Trinajstić information content (AvgIpc) is 3.15.